The zero-order valence-corrected chi connectivity index (χ0v) is 14.8. The number of carbonyl (C=O) groups excluding carboxylic acids is 2. The summed E-state index contributed by atoms with van der Waals surface area (Å²) in [6.45, 7) is 3.83. The minimum Gasteiger partial charge on any atom is -0.341 e. The van der Waals surface area contributed by atoms with E-state index in [1.165, 1.54) is 0 Å². The zero-order chi connectivity index (χ0) is 18.9. The first-order valence-corrected chi connectivity index (χ1v) is 8.34. The number of benzene rings is 1. The van der Waals surface area contributed by atoms with Gasteiger partial charge in [-0.1, -0.05) is 26.0 Å². The topological polar surface area (TPSA) is 108 Å². The SMILES string of the molecule is CC(C)C[C@H](NC(=O)c1cccc(-c2ncccn2)c1)C(=O)NCC#N. The molecule has 2 aromatic rings. The van der Waals surface area contributed by atoms with Gasteiger partial charge in [0.2, 0.25) is 5.91 Å². The molecule has 1 aromatic carbocycles. The lowest BCUT2D eigenvalue weighted by atomic mass is 10.0. The third-order valence-electron chi connectivity index (χ3n) is 3.62. The van der Waals surface area contributed by atoms with E-state index in [0.29, 0.717) is 23.4 Å². The largest absolute Gasteiger partial charge is 0.341 e. The summed E-state index contributed by atoms with van der Waals surface area (Å²) in [5, 5.41) is 13.9. The summed E-state index contributed by atoms with van der Waals surface area (Å²) < 4.78 is 0. The standard InChI is InChI=1S/C19H21N5O2/c1-13(2)11-16(19(26)23-10-7-20)24-18(25)15-6-3-5-14(12-15)17-21-8-4-9-22-17/h3-6,8-9,12-13,16H,10-11H2,1-2H3,(H,23,26)(H,24,25)/t16-/m0/s1. The van der Waals surface area contributed by atoms with Crippen LogP contribution in [0.5, 0.6) is 0 Å². The van der Waals surface area contributed by atoms with Gasteiger partial charge in [-0.05, 0) is 30.5 Å². The maximum atomic E-state index is 12.6. The molecule has 0 aliphatic rings. The third-order valence-corrected chi connectivity index (χ3v) is 3.62. The van der Waals surface area contributed by atoms with Crippen LogP contribution in [0.15, 0.2) is 42.7 Å². The van der Waals surface area contributed by atoms with Crippen LogP contribution >= 0.6 is 0 Å². The maximum absolute atomic E-state index is 12.6. The van der Waals surface area contributed by atoms with Crippen molar-refractivity contribution in [3.63, 3.8) is 0 Å². The van der Waals surface area contributed by atoms with Gasteiger partial charge >= 0.3 is 0 Å². The van der Waals surface area contributed by atoms with Crippen molar-refractivity contribution < 1.29 is 9.59 Å². The molecule has 2 N–H and O–H groups in total. The molecule has 2 amide bonds. The van der Waals surface area contributed by atoms with E-state index in [0.717, 1.165) is 0 Å². The Bertz CT molecular complexity index is 799. The van der Waals surface area contributed by atoms with Crippen molar-refractivity contribution in [2.24, 2.45) is 5.92 Å². The van der Waals surface area contributed by atoms with Crippen molar-refractivity contribution in [1.29, 1.82) is 5.26 Å². The van der Waals surface area contributed by atoms with Crippen LogP contribution < -0.4 is 10.6 Å². The molecule has 0 aliphatic carbocycles. The van der Waals surface area contributed by atoms with E-state index in [4.69, 9.17) is 5.26 Å². The average molecular weight is 351 g/mol. The molecule has 0 spiro atoms. The second-order valence-corrected chi connectivity index (χ2v) is 6.18. The van der Waals surface area contributed by atoms with Crippen LogP contribution in [0.3, 0.4) is 0 Å². The first-order valence-electron chi connectivity index (χ1n) is 8.34. The van der Waals surface area contributed by atoms with E-state index >= 15 is 0 Å². The molecule has 7 heteroatoms. The quantitative estimate of drug-likeness (QED) is 0.741. The van der Waals surface area contributed by atoms with Crippen LogP contribution in [0.25, 0.3) is 11.4 Å². The number of aromatic nitrogens is 2. The minimum atomic E-state index is -0.701. The second kappa shape index (κ2) is 9.28. The fourth-order valence-electron chi connectivity index (χ4n) is 2.44. The predicted octanol–water partition coefficient (Wildman–Crippen LogP) is 1.93. The van der Waals surface area contributed by atoms with E-state index in [1.54, 1.807) is 36.7 Å². The number of nitrogens with zero attached hydrogens (tertiary/aromatic N) is 3. The van der Waals surface area contributed by atoms with Gasteiger partial charge < -0.3 is 10.6 Å². The fraction of sp³-hybridized carbons (Fsp3) is 0.316. The minimum absolute atomic E-state index is 0.0931. The molecule has 0 unspecified atom stereocenters. The highest BCUT2D eigenvalue weighted by Gasteiger charge is 2.22. The zero-order valence-electron chi connectivity index (χ0n) is 14.8. The van der Waals surface area contributed by atoms with Crippen molar-refractivity contribution >= 4 is 11.8 Å². The van der Waals surface area contributed by atoms with Crippen LogP contribution in [0.1, 0.15) is 30.6 Å². The van der Waals surface area contributed by atoms with E-state index in [-0.39, 0.29) is 24.3 Å². The molecular formula is C19H21N5O2. The molecule has 1 heterocycles. The average Bonchev–Trinajstić information content (AvgIpc) is 2.66. The molecular weight excluding hydrogens is 330 g/mol. The van der Waals surface area contributed by atoms with Gasteiger partial charge in [0.1, 0.15) is 12.6 Å². The lowest BCUT2D eigenvalue weighted by molar-refractivity contribution is -0.123. The van der Waals surface area contributed by atoms with E-state index < -0.39 is 6.04 Å². The Balaban J connectivity index is 2.16. The number of hydrogen-bond acceptors (Lipinski definition) is 5. The van der Waals surface area contributed by atoms with Gasteiger partial charge in [0.25, 0.3) is 5.91 Å². The van der Waals surface area contributed by atoms with Crippen LogP contribution in [0.4, 0.5) is 0 Å². The van der Waals surface area contributed by atoms with Crippen molar-refractivity contribution in [2.45, 2.75) is 26.3 Å². The van der Waals surface area contributed by atoms with Crippen LogP contribution in [-0.2, 0) is 4.79 Å². The Labute approximate surface area is 152 Å². The van der Waals surface area contributed by atoms with Gasteiger partial charge in [0, 0.05) is 23.5 Å². The highest BCUT2D eigenvalue weighted by Crippen LogP contribution is 2.16. The summed E-state index contributed by atoms with van der Waals surface area (Å²) in [6, 6.07) is 9.79. The number of hydrogen-bond donors (Lipinski definition) is 2. The van der Waals surface area contributed by atoms with Crippen LogP contribution in [-0.4, -0.2) is 34.4 Å². The molecule has 2 rings (SSSR count). The Morgan fingerprint density at radius 3 is 2.58 bits per heavy atom. The monoisotopic (exact) mass is 351 g/mol. The number of carbonyl (C=O) groups is 2. The normalized spacial score (nSPS) is 11.5. The molecule has 134 valence electrons. The van der Waals surface area contributed by atoms with Gasteiger partial charge in [0.05, 0.1) is 6.07 Å². The number of rotatable bonds is 7. The Hall–Kier alpha value is -3.27. The van der Waals surface area contributed by atoms with E-state index in [1.807, 2.05) is 26.0 Å². The molecule has 0 radical (unpaired) electrons. The summed E-state index contributed by atoms with van der Waals surface area (Å²) in [5.41, 5.74) is 1.13. The molecule has 0 saturated heterocycles. The lowest BCUT2D eigenvalue weighted by Crippen LogP contribution is -2.47. The highest BCUT2D eigenvalue weighted by molar-refractivity contribution is 5.98. The van der Waals surface area contributed by atoms with Gasteiger partial charge in [-0.2, -0.15) is 5.26 Å². The number of amides is 2. The molecule has 0 aliphatic heterocycles. The summed E-state index contributed by atoms with van der Waals surface area (Å²) in [4.78, 5) is 33.1. The van der Waals surface area contributed by atoms with Gasteiger partial charge in [-0.15, -0.1) is 0 Å². The van der Waals surface area contributed by atoms with Gasteiger partial charge in [-0.3, -0.25) is 9.59 Å². The smallest absolute Gasteiger partial charge is 0.251 e. The van der Waals surface area contributed by atoms with Crippen molar-refractivity contribution in [3.8, 4) is 17.5 Å². The van der Waals surface area contributed by atoms with Crippen LogP contribution in [0.2, 0.25) is 0 Å². The molecule has 0 saturated carbocycles. The maximum Gasteiger partial charge on any atom is 0.251 e. The molecule has 0 fully saturated rings. The van der Waals surface area contributed by atoms with E-state index in [2.05, 4.69) is 20.6 Å². The first-order chi connectivity index (χ1) is 12.5. The van der Waals surface area contributed by atoms with Crippen molar-refractivity contribution in [1.82, 2.24) is 20.6 Å². The molecule has 1 atom stereocenters. The Kier molecular flexibility index (Phi) is 6.80. The number of nitrogens with one attached hydrogen (secondary N) is 2. The molecule has 7 nitrogen and oxygen atoms in total. The van der Waals surface area contributed by atoms with Crippen molar-refractivity contribution in [2.75, 3.05) is 6.54 Å². The first kappa shape index (κ1) is 19.1. The molecule has 0 bridgehead atoms. The Morgan fingerprint density at radius 1 is 1.19 bits per heavy atom. The van der Waals surface area contributed by atoms with Crippen LogP contribution in [0, 0.1) is 17.2 Å². The summed E-state index contributed by atoms with van der Waals surface area (Å²) in [7, 11) is 0. The van der Waals surface area contributed by atoms with Gasteiger partial charge in [-0.25, -0.2) is 9.97 Å². The number of nitriles is 1. The lowest BCUT2D eigenvalue weighted by Gasteiger charge is -2.19. The predicted molar refractivity (Wildman–Crippen MR) is 96.8 cm³/mol. The van der Waals surface area contributed by atoms with E-state index in [9.17, 15) is 9.59 Å². The fourth-order valence-corrected chi connectivity index (χ4v) is 2.44. The van der Waals surface area contributed by atoms with Crippen molar-refractivity contribution in [3.05, 3.63) is 48.3 Å². The second-order valence-electron chi connectivity index (χ2n) is 6.18. The molecule has 26 heavy (non-hydrogen) atoms. The Morgan fingerprint density at radius 2 is 1.92 bits per heavy atom. The molecule has 1 aromatic heterocycles. The summed E-state index contributed by atoms with van der Waals surface area (Å²) in [5.74, 6) is 0.00141. The summed E-state index contributed by atoms with van der Waals surface area (Å²) >= 11 is 0. The highest BCUT2D eigenvalue weighted by atomic mass is 16.2. The third kappa shape index (κ3) is 5.38. The van der Waals surface area contributed by atoms with Gasteiger partial charge in [0.15, 0.2) is 5.82 Å². The summed E-state index contributed by atoms with van der Waals surface area (Å²) in [6.07, 6.45) is 3.74.